The van der Waals surface area contributed by atoms with E-state index in [4.69, 9.17) is 5.26 Å². The van der Waals surface area contributed by atoms with Crippen molar-refractivity contribution in [2.75, 3.05) is 0 Å². The third-order valence-corrected chi connectivity index (χ3v) is 7.16. The highest BCUT2D eigenvalue weighted by Crippen LogP contribution is 2.74. The van der Waals surface area contributed by atoms with E-state index in [1.165, 1.54) is 17.1 Å². The average molecular weight is 431 g/mol. The van der Waals surface area contributed by atoms with E-state index in [2.05, 4.69) is 16.3 Å². The molecule has 8 heteroatoms. The molecule has 1 atom stereocenters. The van der Waals surface area contributed by atoms with Crippen LogP contribution in [0.4, 0.5) is 8.78 Å². The van der Waals surface area contributed by atoms with Crippen LogP contribution in [0.25, 0.3) is 10.9 Å². The molecular formula is C24H19F2N5O. The van der Waals surface area contributed by atoms with Crippen molar-refractivity contribution in [1.29, 1.82) is 5.26 Å². The van der Waals surface area contributed by atoms with E-state index >= 15 is 0 Å². The minimum atomic E-state index is -0.655. The van der Waals surface area contributed by atoms with Gasteiger partial charge in [0.1, 0.15) is 11.6 Å². The van der Waals surface area contributed by atoms with Gasteiger partial charge in [0, 0.05) is 30.6 Å². The molecule has 3 saturated carbocycles. The quantitative estimate of drug-likeness (QED) is 0.618. The van der Waals surface area contributed by atoms with Gasteiger partial charge in [-0.05, 0) is 60.6 Å². The summed E-state index contributed by atoms with van der Waals surface area (Å²) in [4.78, 5) is 13.3. The Morgan fingerprint density at radius 3 is 2.62 bits per heavy atom. The monoisotopic (exact) mass is 431 g/mol. The van der Waals surface area contributed by atoms with Crippen molar-refractivity contribution in [1.82, 2.24) is 14.8 Å². The minimum Gasteiger partial charge on any atom is -0.272 e. The predicted molar refractivity (Wildman–Crippen MR) is 112 cm³/mol. The van der Waals surface area contributed by atoms with Crippen molar-refractivity contribution in [3.63, 3.8) is 0 Å². The van der Waals surface area contributed by atoms with Crippen LogP contribution in [0, 0.1) is 33.8 Å². The fraction of sp³-hybridized carbons (Fsp3) is 0.333. The number of fused-ring (bicyclic) bond motifs is 1. The third-order valence-electron chi connectivity index (χ3n) is 7.16. The van der Waals surface area contributed by atoms with Gasteiger partial charge in [-0.15, -0.1) is 0 Å². The molecule has 3 aromatic rings. The summed E-state index contributed by atoms with van der Waals surface area (Å²) >= 11 is 0. The van der Waals surface area contributed by atoms with Gasteiger partial charge >= 0.3 is 0 Å². The van der Waals surface area contributed by atoms with Crippen molar-refractivity contribution in [3.8, 4) is 6.07 Å². The van der Waals surface area contributed by atoms with E-state index in [1.54, 1.807) is 18.5 Å². The summed E-state index contributed by atoms with van der Waals surface area (Å²) in [6.45, 7) is 0.721. The number of aromatic nitrogens is 2. The highest BCUT2D eigenvalue weighted by Gasteiger charge is 2.72. The Morgan fingerprint density at radius 2 is 1.91 bits per heavy atom. The first-order valence-corrected chi connectivity index (χ1v) is 10.6. The number of hydrazone groups is 1. The molecular weight excluding hydrogens is 412 g/mol. The molecule has 2 aromatic carbocycles. The molecule has 7 rings (SSSR count). The summed E-state index contributed by atoms with van der Waals surface area (Å²) in [7, 11) is 0. The van der Waals surface area contributed by atoms with Gasteiger partial charge in [-0.3, -0.25) is 9.48 Å². The highest BCUT2D eigenvalue weighted by molar-refractivity contribution is 5.88. The van der Waals surface area contributed by atoms with Gasteiger partial charge in [-0.25, -0.2) is 13.8 Å². The lowest BCUT2D eigenvalue weighted by Gasteiger charge is -2.69. The second kappa shape index (κ2) is 6.45. The third kappa shape index (κ3) is 2.70. The number of amides is 1. The molecule has 4 aliphatic rings. The van der Waals surface area contributed by atoms with E-state index in [1.807, 2.05) is 16.8 Å². The number of rotatable bonds is 4. The molecule has 1 aliphatic heterocycles. The Hall–Kier alpha value is -3.60. The van der Waals surface area contributed by atoms with Gasteiger partial charge in [0.25, 0.3) is 0 Å². The number of hydrogen-bond donors (Lipinski definition) is 0. The van der Waals surface area contributed by atoms with E-state index in [0.29, 0.717) is 17.5 Å². The van der Waals surface area contributed by atoms with Gasteiger partial charge in [-0.2, -0.15) is 15.5 Å². The van der Waals surface area contributed by atoms with Gasteiger partial charge in [0.15, 0.2) is 0 Å². The lowest BCUT2D eigenvalue weighted by molar-refractivity contribution is -0.223. The number of nitriles is 1. The lowest BCUT2D eigenvalue weighted by Crippen LogP contribution is -2.68. The predicted octanol–water partition coefficient (Wildman–Crippen LogP) is 4.32. The fourth-order valence-corrected chi connectivity index (χ4v) is 5.89. The minimum absolute atomic E-state index is 0.0341. The summed E-state index contributed by atoms with van der Waals surface area (Å²) in [5.74, 6) is -1.37. The summed E-state index contributed by atoms with van der Waals surface area (Å²) in [6.07, 6.45) is 6.12. The highest BCUT2D eigenvalue weighted by atomic mass is 19.1. The molecule has 0 unspecified atom stereocenters. The first-order chi connectivity index (χ1) is 15.4. The molecule has 3 fully saturated rings. The number of benzene rings is 2. The summed E-state index contributed by atoms with van der Waals surface area (Å²) in [5.41, 5.74) is 1.60. The molecule has 2 bridgehead atoms. The maximum atomic E-state index is 13.7. The van der Waals surface area contributed by atoms with Crippen molar-refractivity contribution >= 4 is 23.0 Å². The number of nitrogens with zero attached hydrogens (tertiary/aromatic N) is 5. The number of carbonyl (C=O) groups is 1. The van der Waals surface area contributed by atoms with Crippen LogP contribution in [0.5, 0.6) is 0 Å². The number of halogens is 2. The van der Waals surface area contributed by atoms with Crippen LogP contribution in [0.1, 0.15) is 42.9 Å². The van der Waals surface area contributed by atoms with Crippen LogP contribution in [0.3, 0.4) is 0 Å². The van der Waals surface area contributed by atoms with Gasteiger partial charge in [-0.1, -0.05) is 0 Å². The van der Waals surface area contributed by atoms with Crippen molar-refractivity contribution < 1.29 is 13.6 Å². The number of hydrogen-bond acceptors (Lipinski definition) is 4. The van der Waals surface area contributed by atoms with Crippen LogP contribution >= 0.6 is 0 Å². The normalized spacial score (nSPS) is 27.8. The van der Waals surface area contributed by atoms with E-state index in [9.17, 15) is 13.6 Å². The van der Waals surface area contributed by atoms with Gasteiger partial charge < -0.3 is 0 Å². The smallest absolute Gasteiger partial charge is 0.249 e. The topological polar surface area (TPSA) is 74.3 Å². The molecule has 1 aromatic heterocycles. The van der Waals surface area contributed by atoms with Crippen LogP contribution in [0.15, 0.2) is 47.7 Å². The Morgan fingerprint density at radius 1 is 1.16 bits per heavy atom. The van der Waals surface area contributed by atoms with Crippen LogP contribution in [-0.4, -0.2) is 26.9 Å². The first kappa shape index (κ1) is 19.1. The molecule has 6 nitrogen and oxygen atoms in total. The fourth-order valence-electron chi connectivity index (χ4n) is 5.89. The molecule has 32 heavy (non-hydrogen) atoms. The zero-order valence-electron chi connectivity index (χ0n) is 17.1. The molecule has 0 radical (unpaired) electrons. The van der Waals surface area contributed by atoms with E-state index < -0.39 is 23.1 Å². The van der Waals surface area contributed by atoms with Crippen molar-refractivity contribution in [2.45, 2.75) is 38.3 Å². The van der Waals surface area contributed by atoms with E-state index in [-0.39, 0.29) is 11.3 Å². The molecule has 160 valence electrons. The standard InChI is InChI=1S/C24H19F2N5O/c25-18-6-16(7-19(26)8-18)21-3-4-28-31(21)22(32)24-11-23(12-24,13-24)14-30-20-2-1-15(9-27)5-17(20)10-29-30/h1-2,4-8,10,21H,3,11-14H2/t21-,23?,24?/m0/s1. The van der Waals surface area contributed by atoms with Gasteiger partial charge in [0.2, 0.25) is 5.91 Å². The second-order valence-corrected chi connectivity index (χ2v) is 9.40. The summed E-state index contributed by atoms with van der Waals surface area (Å²) in [5, 5.41) is 20.2. The first-order valence-electron chi connectivity index (χ1n) is 10.6. The molecule has 1 amide bonds. The van der Waals surface area contributed by atoms with Crippen molar-refractivity contribution in [3.05, 3.63) is 65.4 Å². The molecule has 0 spiro atoms. The lowest BCUT2D eigenvalue weighted by atomic mass is 9.34. The second-order valence-electron chi connectivity index (χ2n) is 9.40. The molecule has 3 aliphatic carbocycles. The Labute approximate surface area is 182 Å². The zero-order chi connectivity index (χ0) is 22.1. The average Bonchev–Trinajstić information content (AvgIpc) is 3.35. The largest absolute Gasteiger partial charge is 0.272 e. The molecule has 2 heterocycles. The zero-order valence-corrected chi connectivity index (χ0v) is 17.1. The van der Waals surface area contributed by atoms with Crippen molar-refractivity contribution in [2.24, 2.45) is 15.9 Å². The Kier molecular flexibility index (Phi) is 3.85. The summed E-state index contributed by atoms with van der Waals surface area (Å²) < 4.78 is 29.4. The Bertz CT molecular complexity index is 1310. The Balaban J connectivity index is 1.17. The SMILES string of the molecule is N#Cc1ccc2c(cnn2CC23CC(C(=O)N4N=CC[C@H]4c4cc(F)cc(F)c4)(C2)C3)c1. The van der Waals surface area contributed by atoms with Crippen LogP contribution in [0.2, 0.25) is 0 Å². The summed E-state index contributed by atoms with van der Waals surface area (Å²) in [6, 6.07) is 10.6. The van der Waals surface area contributed by atoms with Crippen LogP contribution < -0.4 is 0 Å². The maximum absolute atomic E-state index is 13.7. The molecule has 0 saturated heterocycles. The van der Waals surface area contributed by atoms with E-state index in [0.717, 1.165) is 42.8 Å². The molecule has 0 N–H and O–H groups in total. The van der Waals surface area contributed by atoms with Gasteiger partial charge in [0.05, 0.1) is 34.8 Å². The maximum Gasteiger partial charge on any atom is 0.249 e. The number of carbonyl (C=O) groups excluding carboxylic acids is 1. The van der Waals surface area contributed by atoms with Crippen LogP contribution in [-0.2, 0) is 11.3 Å².